The fourth-order valence-corrected chi connectivity index (χ4v) is 2.32. The van der Waals surface area contributed by atoms with E-state index in [1.165, 1.54) is 11.1 Å². The molecule has 20 heavy (non-hydrogen) atoms. The molecular formula is C18H20O2. The summed E-state index contributed by atoms with van der Waals surface area (Å²) < 4.78 is 5.44. The largest absolute Gasteiger partial charge is 0.494 e. The van der Waals surface area contributed by atoms with Crippen molar-refractivity contribution >= 4 is 5.78 Å². The molecule has 0 spiro atoms. The lowest BCUT2D eigenvalue weighted by molar-refractivity contribution is 0.0992. The number of aryl methyl sites for hydroxylation is 2. The second-order valence-corrected chi connectivity index (χ2v) is 4.93. The smallest absolute Gasteiger partial charge is 0.167 e. The number of hydrogen-bond acceptors (Lipinski definition) is 2. The van der Waals surface area contributed by atoms with Crippen LogP contribution in [0.1, 0.15) is 34.0 Å². The third-order valence-electron chi connectivity index (χ3n) is 3.45. The van der Waals surface area contributed by atoms with Crippen LogP contribution in [0.15, 0.2) is 42.5 Å². The van der Waals surface area contributed by atoms with Gasteiger partial charge in [-0.25, -0.2) is 0 Å². The fourth-order valence-electron chi connectivity index (χ4n) is 2.32. The Labute approximate surface area is 120 Å². The van der Waals surface area contributed by atoms with Gasteiger partial charge in [0.1, 0.15) is 5.75 Å². The quantitative estimate of drug-likeness (QED) is 0.762. The Hall–Kier alpha value is -2.09. The molecule has 0 bridgehead atoms. The molecule has 2 aromatic carbocycles. The van der Waals surface area contributed by atoms with Crippen LogP contribution in [0.3, 0.4) is 0 Å². The number of ketones is 1. The molecule has 0 aliphatic carbocycles. The Balaban J connectivity index is 2.22. The molecular weight excluding hydrogens is 248 g/mol. The molecule has 0 aliphatic heterocycles. The first-order chi connectivity index (χ1) is 9.61. The van der Waals surface area contributed by atoms with E-state index in [4.69, 9.17) is 4.74 Å². The van der Waals surface area contributed by atoms with Crippen LogP contribution < -0.4 is 4.74 Å². The van der Waals surface area contributed by atoms with Crippen LogP contribution in [0.4, 0.5) is 0 Å². The molecule has 0 atom stereocenters. The zero-order valence-electron chi connectivity index (χ0n) is 12.3. The molecule has 2 aromatic rings. The van der Waals surface area contributed by atoms with E-state index in [2.05, 4.69) is 0 Å². The van der Waals surface area contributed by atoms with Gasteiger partial charge in [0, 0.05) is 12.0 Å². The summed E-state index contributed by atoms with van der Waals surface area (Å²) in [6, 6.07) is 13.5. The summed E-state index contributed by atoms with van der Waals surface area (Å²) in [6.45, 7) is 6.64. The number of Topliss-reactive ketones (excluding diaryl/α,β-unsaturated/α-hetero) is 1. The van der Waals surface area contributed by atoms with E-state index in [1.54, 1.807) is 0 Å². The average Bonchev–Trinajstić information content (AvgIpc) is 2.43. The Bertz CT molecular complexity index is 594. The third kappa shape index (κ3) is 3.27. The van der Waals surface area contributed by atoms with E-state index in [0.717, 1.165) is 11.3 Å². The molecule has 0 N–H and O–H groups in total. The monoisotopic (exact) mass is 268 g/mol. The Kier molecular flexibility index (Phi) is 4.57. The number of hydrogen-bond donors (Lipinski definition) is 0. The van der Waals surface area contributed by atoms with Gasteiger partial charge in [-0.2, -0.15) is 0 Å². The van der Waals surface area contributed by atoms with Crippen LogP contribution in [-0.4, -0.2) is 12.4 Å². The second kappa shape index (κ2) is 6.38. The van der Waals surface area contributed by atoms with Gasteiger partial charge in [-0.05, 0) is 49.6 Å². The van der Waals surface area contributed by atoms with E-state index in [-0.39, 0.29) is 5.78 Å². The summed E-state index contributed by atoms with van der Waals surface area (Å²) in [7, 11) is 0. The molecule has 0 unspecified atom stereocenters. The van der Waals surface area contributed by atoms with Crippen molar-refractivity contribution in [3.8, 4) is 5.75 Å². The molecule has 0 radical (unpaired) electrons. The minimum Gasteiger partial charge on any atom is -0.494 e. The minimum atomic E-state index is 0.129. The van der Waals surface area contributed by atoms with Gasteiger partial charge < -0.3 is 4.74 Å². The van der Waals surface area contributed by atoms with Crippen LogP contribution in [0.2, 0.25) is 0 Å². The van der Waals surface area contributed by atoms with Crippen molar-refractivity contribution in [3.63, 3.8) is 0 Å². The zero-order chi connectivity index (χ0) is 14.5. The predicted molar refractivity (Wildman–Crippen MR) is 81.6 cm³/mol. The van der Waals surface area contributed by atoms with Crippen molar-refractivity contribution in [2.45, 2.75) is 27.2 Å². The maximum absolute atomic E-state index is 12.4. The first-order valence-corrected chi connectivity index (χ1v) is 6.93. The van der Waals surface area contributed by atoms with Crippen LogP contribution in [0, 0.1) is 13.8 Å². The first-order valence-electron chi connectivity index (χ1n) is 6.93. The highest BCUT2D eigenvalue weighted by atomic mass is 16.5. The molecule has 0 aromatic heterocycles. The molecule has 0 amide bonds. The van der Waals surface area contributed by atoms with Crippen LogP contribution in [0.25, 0.3) is 0 Å². The van der Waals surface area contributed by atoms with Gasteiger partial charge in [0.05, 0.1) is 6.61 Å². The standard InChI is InChI=1S/C18H20O2/c1-4-20-16-10-6-9-15(11-16)18(19)12-17-13(2)7-5-8-14(17)3/h5-11H,4,12H2,1-3H3. The summed E-state index contributed by atoms with van der Waals surface area (Å²) in [5.74, 6) is 0.879. The Morgan fingerprint density at radius 3 is 2.35 bits per heavy atom. The average molecular weight is 268 g/mol. The molecule has 0 fully saturated rings. The number of rotatable bonds is 5. The van der Waals surface area contributed by atoms with Gasteiger partial charge in [-0.15, -0.1) is 0 Å². The summed E-state index contributed by atoms with van der Waals surface area (Å²) in [6.07, 6.45) is 0.439. The Morgan fingerprint density at radius 1 is 1.05 bits per heavy atom. The summed E-state index contributed by atoms with van der Waals surface area (Å²) in [5.41, 5.74) is 4.16. The minimum absolute atomic E-state index is 0.129. The van der Waals surface area contributed by atoms with Crippen molar-refractivity contribution < 1.29 is 9.53 Å². The molecule has 0 saturated heterocycles. The summed E-state index contributed by atoms with van der Waals surface area (Å²) in [5, 5.41) is 0. The zero-order valence-corrected chi connectivity index (χ0v) is 12.3. The molecule has 2 heteroatoms. The summed E-state index contributed by atoms with van der Waals surface area (Å²) in [4.78, 5) is 12.4. The second-order valence-electron chi connectivity index (χ2n) is 4.93. The topological polar surface area (TPSA) is 26.3 Å². The van der Waals surface area contributed by atoms with Gasteiger partial charge >= 0.3 is 0 Å². The van der Waals surface area contributed by atoms with Gasteiger partial charge in [-0.1, -0.05) is 30.3 Å². The van der Waals surface area contributed by atoms with Gasteiger partial charge in [-0.3, -0.25) is 4.79 Å². The van der Waals surface area contributed by atoms with Crippen molar-refractivity contribution in [3.05, 3.63) is 64.7 Å². The number of carbonyl (C=O) groups is 1. The van der Waals surface area contributed by atoms with Gasteiger partial charge in [0.2, 0.25) is 0 Å². The lowest BCUT2D eigenvalue weighted by atomic mass is 9.95. The number of benzene rings is 2. The summed E-state index contributed by atoms with van der Waals surface area (Å²) >= 11 is 0. The molecule has 0 saturated carbocycles. The highest BCUT2D eigenvalue weighted by Gasteiger charge is 2.11. The van der Waals surface area contributed by atoms with Crippen molar-refractivity contribution in [1.29, 1.82) is 0 Å². The SMILES string of the molecule is CCOc1cccc(C(=O)Cc2c(C)cccc2C)c1. The van der Waals surface area contributed by atoms with Crippen molar-refractivity contribution in [1.82, 2.24) is 0 Å². The molecule has 2 rings (SSSR count). The van der Waals surface area contributed by atoms with Crippen LogP contribution in [-0.2, 0) is 6.42 Å². The van der Waals surface area contributed by atoms with E-state index in [1.807, 2.05) is 63.2 Å². The molecule has 0 aliphatic rings. The third-order valence-corrected chi connectivity index (χ3v) is 3.45. The highest BCUT2D eigenvalue weighted by Crippen LogP contribution is 2.19. The van der Waals surface area contributed by atoms with Crippen LogP contribution in [0.5, 0.6) is 5.75 Å². The predicted octanol–water partition coefficient (Wildman–Crippen LogP) is 4.13. The van der Waals surface area contributed by atoms with E-state index in [9.17, 15) is 4.79 Å². The van der Waals surface area contributed by atoms with E-state index in [0.29, 0.717) is 18.6 Å². The van der Waals surface area contributed by atoms with Gasteiger partial charge in [0.15, 0.2) is 5.78 Å². The normalized spacial score (nSPS) is 10.3. The molecule has 2 nitrogen and oxygen atoms in total. The van der Waals surface area contributed by atoms with E-state index < -0.39 is 0 Å². The van der Waals surface area contributed by atoms with Crippen molar-refractivity contribution in [2.24, 2.45) is 0 Å². The van der Waals surface area contributed by atoms with Crippen molar-refractivity contribution in [2.75, 3.05) is 6.61 Å². The highest BCUT2D eigenvalue weighted by molar-refractivity contribution is 5.98. The molecule has 104 valence electrons. The maximum Gasteiger partial charge on any atom is 0.167 e. The maximum atomic E-state index is 12.4. The van der Waals surface area contributed by atoms with E-state index >= 15 is 0 Å². The number of ether oxygens (including phenoxy) is 1. The fraction of sp³-hybridized carbons (Fsp3) is 0.278. The van der Waals surface area contributed by atoms with Crippen LogP contribution >= 0.6 is 0 Å². The Morgan fingerprint density at radius 2 is 1.70 bits per heavy atom. The number of carbonyl (C=O) groups excluding carboxylic acids is 1. The lowest BCUT2D eigenvalue weighted by Crippen LogP contribution is -2.07. The molecule has 0 heterocycles. The lowest BCUT2D eigenvalue weighted by Gasteiger charge is -2.10. The van der Waals surface area contributed by atoms with Gasteiger partial charge in [0.25, 0.3) is 0 Å². The first kappa shape index (κ1) is 14.3.